The second-order valence-electron chi connectivity index (χ2n) is 8.33. The summed E-state index contributed by atoms with van der Waals surface area (Å²) in [6.45, 7) is 1.25. The third kappa shape index (κ3) is 7.13. The van der Waals surface area contributed by atoms with Crippen molar-refractivity contribution in [3.63, 3.8) is 0 Å². The summed E-state index contributed by atoms with van der Waals surface area (Å²) in [5.41, 5.74) is 0.826. The van der Waals surface area contributed by atoms with Crippen molar-refractivity contribution in [2.75, 3.05) is 5.32 Å². The zero-order valence-corrected chi connectivity index (χ0v) is 23.4. The van der Waals surface area contributed by atoms with Crippen molar-refractivity contribution in [3.05, 3.63) is 111 Å². The number of hydrogen-bond donors (Lipinski definition) is 1. The first-order chi connectivity index (χ1) is 18.5. The molecule has 0 aliphatic heterocycles. The number of amides is 2. The largest absolute Gasteiger partial charge is 0.467 e. The van der Waals surface area contributed by atoms with Crippen LogP contribution in [-0.4, -0.2) is 25.1 Å². The van der Waals surface area contributed by atoms with Gasteiger partial charge in [0.15, 0.2) is 0 Å². The lowest BCUT2D eigenvalue weighted by Crippen LogP contribution is -2.31. The van der Waals surface area contributed by atoms with Crippen LogP contribution in [0.5, 0.6) is 5.75 Å². The lowest BCUT2D eigenvalue weighted by molar-refractivity contribution is -0.114. The lowest BCUT2D eigenvalue weighted by atomic mass is 10.1. The van der Waals surface area contributed by atoms with Crippen LogP contribution in [0.4, 0.5) is 5.69 Å². The van der Waals surface area contributed by atoms with E-state index in [1.165, 1.54) is 60.6 Å². The van der Waals surface area contributed by atoms with Gasteiger partial charge >= 0.3 is 10.1 Å². The van der Waals surface area contributed by atoms with Gasteiger partial charge in [0, 0.05) is 23.2 Å². The fraction of sp³-hybridized carbons (Fsp3) is 0.111. The Labute approximate surface area is 240 Å². The van der Waals surface area contributed by atoms with Gasteiger partial charge in [0.2, 0.25) is 5.91 Å². The van der Waals surface area contributed by atoms with Crippen molar-refractivity contribution in [3.8, 4) is 5.75 Å². The van der Waals surface area contributed by atoms with Crippen LogP contribution < -0.4 is 9.50 Å². The van der Waals surface area contributed by atoms with E-state index in [1.54, 1.807) is 30.3 Å². The van der Waals surface area contributed by atoms with Gasteiger partial charge < -0.3 is 18.8 Å². The standard InChI is InChI=1S/C27H21Cl3N2O6S/c1-17(33)31-20-8-10-22(11-9-20)39(35,36)38-25-12-7-19(28)14-18(25)15-32(16-21-4-3-13-37-21)27(34)26-23(29)5-2-6-24(26)30/h2-14H,15-16H2,1H3,(H,31,33). The highest BCUT2D eigenvalue weighted by molar-refractivity contribution is 7.87. The molecule has 1 heterocycles. The van der Waals surface area contributed by atoms with Crippen LogP contribution in [0.3, 0.4) is 0 Å². The van der Waals surface area contributed by atoms with E-state index in [0.717, 1.165) is 0 Å². The van der Waals surface area contributed by atoms with E-state index in [4.69, 9.17) is 43.4 Å². The Kier molecular flexibility index (Phi) is 8.87. The number of halogens is 3. The smallest absolute Gasteiger partial charge is 0.339 e. The molecule has 0 saturated carbocycles. The van der Waals surface area contributed by atoms with Crippen LogP contribution in [0.15, 0.2) is 88.4 Å². The molecule has 39 heavy (non-hydrogen) atoms. The van der Waals surface area contributed by atoms with Gasteiger partial charge in [-0.1, -0.05) is 40.9 Å². The minimum absolute atomic E-state index is 0.0245. The summed E-state index contributed by atoms with van der Waals surface area (Å²) >= 11 is 18.8. The van der Waals surface area contributed by atoms with E-state index < -0.39 is 16.0 Å². The molecule has 1 N–H and O–H groups in total. The molecule has 4 aromatic rings. The van der Waals surface area contributed by atoms with Crippen molar-refractivity contribution in [1.29, 1.82) is 0 Å². The van der Waals surface area contributed by atoms with Crippen molar-refractivity contribution in [2.24, 2.45) is 0 Å². The molecule has 202 valence electrons. The number of hydrogen-bond acceptors (Lipinski definition) is 6. The summed E-state index contributed by atoms with van der Waals surface area (Å²) in [6.07, 6.45) is 1.47. The second kappa shape index (κ2) is 12.1. The number of carbonyl (C=O) groups is 2. The molecule has 12 heteroatoms. The number of benzene rings is 3. The molecule has 2 amide bonds. The quantitative estimate of drug-likeness (QED) is 0.210. The Bertz CT molecular complexity index is 1590. The van der Waals surface area contributed by atoms with E-state index in [-0.39, 0.29) is 45.3 Å². The van der Waals surface area contributed by atoms with Crippen molar-refractivity contribution in [1.82, 2.24) is 4.90 Å². The minimum atomic E-state index is -4.29. The highest BCUT2D eigenvalue weighted by Crippen LogP contribution is 2.31. The first-order valence-corrected chi connectivity index (χ1v) is 13.9. The van der Waals surface area contributed by atoms with Crippen LogP contribution in [0.25, 0.3) is 0 Å². The SMILES string of the molecule is CC(=O)Nc1ccc(S(=O)(=O)Oc2ccc(Cl)cc2CN(Cc2ccco2)C(=O)c2c(Cl)cccc2Cl)cc1. The van der Waals surface area contributed by atoms with Gasteiger partial charge in [-0.05, 0) is 66.7 Å². The Hall–Kier alpha value is -3.50. The van der Waals surface area contributed by atoms with Gasteiger partial charge in [-0.25, -0.2) is 0 Å². The molecule has 0 saturated heterocycles. The molecule has 0 aliphatic rings. The molecular formula is C27H21Cl3N2O6S. The second-order valence-corrected chi connectivity index (χ2v) is 11.1. The van der Waals surface area contributed by atoms with Gasteiger partial charge in [-0.2, -0.15) is 8.42 Å². The van der Waals surface area contributed by atoms with E-state index in [9.17, 15) is 18.0 Å². The molecule has 0 aliphatic carbocycles. The minimum Gasteiger partial charge on any atom is -0.467 e. The average Bonchev–Trinajstić information content (AvgIpc) is 3.38. The fourth-order valence-electron chi connectivity index (χ4n) is 3.68. The molecule has 0 fully saturated rings. The highest BCUT2D eigenvalue weighted by atomic mass is 35.5. The predicted octanol–water partition coefficient (Wildman–Crippen LogP) is 6.81. The van der Waals surface area contributed by atoms with Crippen LogP contribution in [-0.2, 0) is 28.0 Å². The zero-order valence-electron chi connectivity index (χ0n) is 20.4. The maximum Gasteiger partial charge on any atom is 0.339 e. The first kappa shape index (κ1) is 28.5. The van der Waals surface area contributed by atoms with Gasteiger partial charge in [0.1, 0.15) is 16.4 Å². The van der Waals surface area contributed by atoms with Crippen molar-refractivity contribution >= 4 is 62.4 Å². The van der Waals surface area contributed by atoms with E-state index in [0.29, 0.717) is 22.0 Å². The van der Waals surface area contributed by atoms with Crippen molar-refractivity contribution < 1.29 is 26.6 Å². The summed E-state index contributed by atoms with van der Waals surface area (Å²) in [6, 6.07) is 18.0. The molecule has 3 aromatic carbocycles. The number of nitrogens with one attached hydrogen (secondary N) is 1. The Balaban J connectivity index is 1.67. The lowest BCUT2D eigenvalue weighted by Gasteiger charge is -2.24. The summed E-state index contributed by atoms with van der Waals surface area (Å²) in [5.74, 6) is -0.362. The van der Waals surface area contributed by atoms with Crippen molar-refractivity contribution in [2.45, 2.75) is 24.9 Å². The molecule has 0 atom stereocenters. The van der Waals surface area contributed by atoms with Gasteiger partial charge in [-0.3, -0.25) is 9.59 Å². The summed E-state index contributed by atoms with van der Waals surface area (Å²) in [5, 5.41) is 3.18. The third-order valence-corrected chi connectivity index (χ3v) is 7.55. The fourth-order valence-corrected chi connectivity index (χ4v) is 5.40. The molecule has 1 aromatic heterocycles. The number of furan rings is 1. The maximum atomic E-state index is 13.6. The first-order valence-electron chi connectivity index (χ1n) is 11.4. The summed E-state index contributed by atoms with van der Waals surface area (Å²) in [4.78, 5) is 26.1. The molecule has 0 spiro atoms. The molecule has 0 unspecified atom stereocenters. The third-order valence-electron chi connectivity index (χ3n) is 5.44. The molecule has 4 rings (SSSR count). The Morgan fingerprint density at radius 3 is 2.23 bits per heavy atom. The normalized spacial score (nSPS) is 11.2. The molecule has 8 nitrogen and oxygen atoms in total. The number of rotatable bonds is 9. The maximum absolute atomic E-state index is 13.6. The monoisotopic (exact) mass is 606 g/mol. The number of nitrogens with zero attached hydrogens (tertiary/aromatic N) is 1. The molecule has 0 radical (unpaired) electrons. The number of carbonyl (C=O) groups excluding carboxylic acids is 2. The summed E-state index contributed by atoms with van der Waals surface area (Å²) < 4.78 is 37.1. The van der Waals surface area contributed by atoms with Crippen LogP contribution in [0.2, 0.25) is 15.1 Å². The molecule has 0 bridgehead atoms. The van der Waals surface area contributed by atoms with Gasteiger partial charge in [-0.15, -0.1) is 0 Å². The Morgan fingerprint density at radius 2 is 1.62 bits per heavy atom. The molecular weight excluding hydrogens is 587 g/mol. The zero-order chi connectivity index (χ0) is 28.2. The van der Waals surface area contributed by atoms with Gasteiger partial charge in [0.05, 0.1) is 35.0 Å². The van der Waals surface area contributed by atoms with Crippen LogP contribution in [0.1, 0.15) is 28.6 Å². The van der Waals surface area contributed by atoms with Gasteiger partial charge in [0.25, 0.3) is 5.91 Å². The van der Waals surface area contributed by atoms with Crippen LogP contribution >= 0.6 is 34.8 Å². The van der Waals surface area contributed by atoms with E-state index in [1.807, 2.05) is 0 Å². The topological polar surface area (TPSA) is 106 Å². The predicted molar refractivity (Wildman–Crippen MR) is 149 cm³/mol. The van der Waals surface area contributed by atoms with Crippen LogP contribution in [0, 0.1) is 0 Å². The highest BCUT2D eigenvalue weighted by Gasteiger charge is 2.25. The van der Waals surface area contributed by atoms with E-state index >= 15 is 0 Å². The Morgan fingerprint density at radius 1 is 0.923 bits per heavy atom. The summed E-state index contributed by atoms with van der Waals surface area (Å²) in [7, 11) is -4.29. The van der Waals surface area contributed by atoms with E-state index in [2.05, 4.69) is 5.32 Å². The average molecular weight is 608 g/mol. The number of anilines is 1.